The van der Waals surface area contributed by atoms with Crippen molar-refractivity contribution in [1.82, 2.24) is 15.1 Å². The van der Waals surface area contributed by atoms with Crippen molar-refractivity contribution >= 4 is 17.8 Å². The molecule has 1 aliphatic heterocycles. The highest BCUT2D eigenvalue weighted by molar-refractivity contribution is 6.09. The second-order valence-electron chi connectivity index (χ2n) is 6.33. The number of amides is 4. The van der Waals surface area contributed by atoms with Crippen molar-refractivity contribution in [2.45, 2.75) is 39.7 Å². The highest BCUT2D eigenvalue weighted by Crippen LogP contribution is 2.34. The molecule has 4 amide bonds. The first kappa shape index (κ1) is 19.8. The number of carbonyl (C=O) groups excluding carboxylic acids is 3. The van der Waals surface area contributed by atoms with E-state index in [1.165, 1.54) is 0 Å². The van der Waals surface area contributed by atoms with Crippen molar-refractivity contribution in [3.05, 3.63) is 29.3 Å². The van der Waals surface area contributed by atoms with Crippen molar-refractivity contribution in [2.24, 2.45) is 0 Å². The minimum absolute atomic E-state index is 0.240. The second-order valence-corrected chi connectivity index (χ2v) is 6.33. The Kier molecular flexibility index (Phi) is 5.90. The summed E-state index contributed by atoms with van der Waals surface area (Å²) in [6, 6.07) is 4.87. The number of urea groups is 1. The summed E-state index contributed by atoms with van der Waals surface area (Å²) in [6.07, 6.45) is 0.388. The third-order valence-corrected chi connectivity index (χ3v) is 5.00. The van der Waals surface area contributed by atoms with Crippen LogP contribution in [0.25, 0.3) is 0 Å². The van der Waals surface area contributed by atoms with E-state index in [0.717, 1.165) is 10.5 Å². The second kappa shape index (κ2) is 7.76. The Hall–Kier alpha value is -2.57. The van der Waals surface area contributed by atoms with Crippen molar-refractivity contribution in [3.8, 4) is 5.75 Å². The maximum absolute atomic E-state index is 13.1. The van der Waals surface area contributed by atoms with E-state index in [4.69, 9.17) is 4.74 Å². The minimum atomic E-state index is -1.16. The van der Waals surface area contributed by atoms with E-state index in [-0.39, 0.29) is 12.5 Å². The molecule has 1 N–H and O–H groups in total. The molecule has 0 spiro atoms. The first-order valence-electron chi connectivity index (χ1n) is 8.91. The summed E-state index contributed by atoms with van der Waals surface area (Å²) in [4.78, 5) is 40.6. The van der Waals surface area contributed by atoms with Crippen LogP contribution in [-0.4, -0.2) is 54.4 Å². The van der Waals surface area contributed by atoms with Gasteiger partial charge in [0, 0.05) is 13.1 Å². The van der Waals surface area contributed by atoms with Gasteiger partial charge in [0.25, 0.3) is 5.91 Å². The molecule has 7 heteroatoms. The van der Waals surface area contributed by atoms with E-state index in [1.54, 1.807) is 24.1 Å². The summed E-state index contributed by atoms with van der Waals surface area (Å²) < 4.78 is 5.27. The average molecular weight is 361 g/mol. The molecule has 1 aliphatic rings. The largest absolute Gasteiger partial charge is 0.496 e. The summed E-state index contributed by atoms with van der Waals surface area (Å²) in [5.74, 6) is 0.0803. The fraction of sp³-hybridized carbons (Fsp3) is 0.526. The van der Waals surface area contributed by atoms with Crippen LogP contribution in [0.15, 0.2) is 18.2 Å². The van der Waals surface area contributed by atoms with Gasteiger partial charge in [-0.25, -0.2) is 4.79 Å². The number of aryl methyl sites for hydroxylation is 1. The summed E-state index contributed by atoms with van der Waals surface area (Å²) in [5, 5.41) is 2.80. The molecule has 0 bridgehead atoms. The van der Waals surface area contributed by atoms with Crippen LogP contribution >= 0.6 is 0 Å². The molecule has 1 aromatic carbocycles. The van der Waals surface area contributed by atoms with Gasteiger partial charge in [-0.05, 0) is 50.5 Å². The van der Waals surface area contributed by atoms with Crippen LogP contribution in [0.2, 0.25) is 0 Å². The third kappa shape index (κ3) is 3.25. The Labute approximate surface area is 154 Å². The zero-order valence-electron chi connectivity index (χ0n) is 16.1. The Bertz CT molecular complexity index is 715. The molecule has 142 valence electrons. The van der Waals surface area contributed by atoms with Gasteiger partial charge in [-0.1, -0.05) is 13.0 Å². The molecular weight excluding hydrogens is 334 g/mol. The lowest BCUT2D eigenvalue weighted by Gasteiger charge is -2.27. The first-order valence-corrected chi connectivity index (χ1v) is 8.91. The monoisotopic (exact) mass is 361 g/mol. The van der Waals surface area contributed by atoms with E-state index in [1.807, 2.05) is 33.8 Å². The van der Waals surface area contributed by atoms with Crippen LogP contribution in [0.1, 0.15) is 38.3 Å². The van der Waals surface area contributed by atoms with Gasteiger partial charge in [0.05, 0.1) is 7.11 Å². The van der Waals surface area contributed by atoms with Crippen LogP contribution in [0.3, 0.4) is 0 Å². The first-order chi connectivity index (χ1) is 12.3. The molecule has 1 fully saturated rings. The summed E-state index contributed by atoms with van der Waals surface area (Å²) in [5.41, 5.74) is 0.407. The fourth-order valence-electron chi connectivity index (χ4n) is 3.36. The predicted molar refractivity (Wildman–Crippen MR) is 97.9 cm³/mol. The molecule has 1 unspecified atom stereocenters. The van der Waals surface area contributed by atoms with E-state index in [2.05, 4.69) is 5.32 Å². The van der Waals surface area contributed by atoms with Gasteiger partial charge in [-0.15, -0.1) is 0 Å². The van der Waals surface area contributed by atoms with Gasteiger partial charge in [0.15, 0.2) is 0 Å². The average Bonchev–Trinajstić information content (AvgIpc) is 2.87. The molecule has 2 rings (SSSR count). The standard InChI is InChI=1S/C19H27N3O4/c1-6-19(14-9-10-15(26-5)13(4)11-14)17(24)22(18(25)20-19)12-16(23)21(7-2)8-3/h9-11H,6-8,12H2,1-5H3,(H,20,25). The molecule has 1 atom stereocenters. The van der Waals surface area contributed by atoms with Crippen molar-refractivity contribution in [1.29, 1.82) is 0 Å². The predicted octanol–water partition coefficient (Wildman–Crippen LogP) is 2.03. The molecular formula is C19H27N3O4. The number of imide groups is 1. The van der Waals surface area contributed by atoms with Gasteiger partial charge in [0.1, 0.15) is 17.8 Å². The van der Waals surface area contributed by atoms with E-state index >= 15 is 0 Å². The van der Waals surface area contributed by atoms with Crippen LogP contribution < -0.4 is 10.1 Å². The topological polar surface area (TPSA) is 79.0 Å². The van der Waals surface area contributed by atoms with Crippen LogP contribution in [0.4, 0.5) is 4.79 Å². The minimum Gasteiger partial charge on any atom is -0.496 e. The highest BCUT2D eigenvalue weighted by atomic mass is 16.5. The molecule has 0 saturated carbocycles. The Morgan fingerprint density at radius 1 is 1.23 bits per heavy atom. The lowest BCUT2D eigenvalue weighted by atomic mass is 9.86. The van der Waals surface area contributed by atoms with Gasteiger partial charge in [-0.3, -0.25) is 14.5 Å². The van der Waals surface area contributed by atoms with Crippen LogP contribution in [-0.2, 0) is 15.1 Å². The number of rotatable bonds is 7. The molecule has 1 heterocycles. The lowest BCUT2D eigenvalue weighted by molar-refractivity contribution is -0.139. The van der Waals surface area contributed by atoms with Crippen LogP contribution in [0, 0.1) is 6.92 Å². The number of methoxy groups -OCH3 is 1. The number of nitrogens with zero attached hydrogens (tertiary/aromatic N) is 2. The number of likely N-dealkylation sites (N-methyl/N-ethyl adjacent to an activating group) is 1. The number of benzene rings is 1. The molecule has 1 aromatic rings. The highest BCUT2D eigenvalue weighted by Gasteiger charge is 2.51. The lowest BCUT2D eigenvalue weighted by Crippen LogP contribution is -2.45. The summed E-state index contributed by atoms with van der Waals surface area (Å²) in [7, 11) is 1.58. The number of hydrogen-bond acceptors (Lipinski definition) is 4. The third-order valence-electron chi connectivity index (χ3n) is 5.00. The molecule has 7 nitrogen and oxygen atoms in total. The summed E-state index contributed by atoms with van der Waals surface area (Å²) in [6.45, 7) is 8.28. The molecule has 0 aromatic heterocycles. The maximum atomic E-state index is 13.1. The normalized spacial score (nSPS) is 19.5. The van der Waals surface area contributed by atoms with Crippen molar-refractivity contribution in [2.75, 3.05) is 26.7 Å². The van der Waals surface area contributed by atoms with Gasteiger partial charge in [-0.2, -0.15) is 0 Å². The molecule has 0 radical (unpaired) electrons. The Morgan fingerprint density at radius 3 is 2.38 bits per heavy atom. The Morgan fingerprint density at radius 2 is 1.88 bits per heavy atom. The zero-order valence-corrected chi connectivity index (χ0v) is 16.1. The quantitative estimate of drug-likeness (QED) is 0.754. The van der Waals surface area contributed by atoms with Crippen LogP contribution in [0.5, 0.6) is 5.75 Å². The van der Waals surface area contributed by atoms with Crippen molar-refractivity contribution in [3.63, 3.8) is 0 Å². The van der Waals surface area contributed by atoms with Gasteiger partial charge >= 0.3 is 6.03 Å². The zero-order chi connectivity index (χ0) is 19.5. The SMILES string of the molecule is CCN(CC)C(=O)CN1C(=O)NC(CC)(c2ccc(OC)c(C)c2)C1=O. The smallest absolute Gasteiger partial charge is 0.325 e. The number of carbonyl (C=O) groups is 3. The van der Waals surface area contributed by atoms with E-state index in [9.17, 15) is 14.4 Å². The van der Waals surface area contributed by atoms with Gasteiger partial charge in [0.2, 0.25) is 5.91 Å². The molecule has 26 heavy (non-hydrogen) atoms. The number of nitrogens with one attached hydrogen (secondary N) is 1. The van der Waals surface area contributed by atoms with Gasteiger partial charge < -0.3 is 15.0 Å². The van der Waals surface area contributed by atoms with Crippen molar-refractivity contribution < 1.29 is 19.1 Å². The number of ether oxygens (including phenoxy) is 1. The Balaban J connectivity index is 2.34. The maximum Gasteiger partial charge on any atom is 0.325 e. The molecule has 1 saturated heterocycles. The fourth-order valence-corrected chi connectivity index (χ4v) is 3.36. The number of hydrogen-bond donors (Lipinski definition) is 1. The summed E-state index contributed by atoms with van der Waals surface area (Å²) >= 11 is 0. The molecule has 0 aliphatic carbocycles. The van der Waals surface area contributed by atoms with E-state index < -0.39 is 17.5 Å². The van der Waals surface area contributed by atoms with E-state index in [0.29, 0.717) is 30.8 Å².